The van der Waals surface area contributed by atoms with Gasteiger partial charge in [0.05, 0.1) is 12.2 Å². The van der Waals surface area contributed by atoms with E-state index >= 15 is 0 Å². The summed E-state index contributed by atoms with van der Waals surface area (Å²) >= 11 is 0. The predicted octanol–water partition coefficient (Wildman–Crippen LogP) is 4.72. The number of piperazine rings is 1. The maximum Gasteiger partial charge on any atom is 0.131 e. The monoisotopic (exact) mass is 441 g/mol. The Labute approximate surface area is 193 Å². The Balaban J connectivity index is 1.44. The van der Waals surface area contributed by atoms with Crippen molar-refractivity contribution in [3.63, 3.8) is 0 Å². The number of aromatic nitrogens is 2. The highest BCUT2D eigenvalue weighted by molar-refractivity contribution is 5.71. The van der Waals surface area contributed by atoms with Crippen molar-refractivity contribution < 1.29 is 4.39 Å². The summed E-state index contributed by atoms with van der Waals surface area (Å²) in [5.74, 6) is -0.225. The van der Waals surface area contributed by atoms with E-state index in [-0.39, 0.29) is 11.9 Å². The van der Waals surface area contributed by atoms with Crippen molar-refractivity contribution in [1.29, 1.82) is 0 Å². The third kappa shape index (κ3) is 4.88. The van der Waals surface area contributed by atoms with Gasteiger partial charge in [-0.2, -0.15) is 5.10 Å². The van der Waals surface area contributed by atoms with Gasteiger partial charge in [-0.1, -0.05) is 60.7 Å². The summed E-state index contributed by atoms with van der Waals surface area (Å²) in [6.07, 6.45) is 3.72. The summed E-state index contributed by atoms with van der Waals surface area (Å²) in [4.78, 5) is 2.32. The first-order valence-corrected chi connectivity index (χ1v) is 11.3. The Morgan fingerprint density at radius 1 is 0.848 bits per heavy atom. The molecule has 2 N–H and O–H groups in total. The highest BCUT2D eigenvalue weighted by Gasteiger charge is 2.22. The molecule has 0 aliphatic carbocycles. The first-order valence-electron chi connectivity index (χ1n) is 11.3. The van der Waals surface area contributed by atoms with E-state index in [0.29, 0.717) is 5.56 Å². The molecule has 2 heterocycles. The lowest BCUT2D eigenvalue weighted by molar-refractivity contribution is 0.0933. The summed E-state index contributed by atoms with van der Waals surface area (Å²) in [5.41, 5.74) is 9.39. The smallest absolute Gasteiger partial charge is 0.131 e. The van der Waals surface area contributed by atoms with Crippen molar-refractivity contribution in [3.05, 3.63) is 102 Å². The number of benzene rings is 3. The minimum atomic E-state index is -0.225. The van der Waals surface area contributed by atoms with Crippen LogP contribution in [0.1, 0.15) is 17.2 Å². The zero-order valence-corrected chi connectivity index (χ0v) is 18.7. The molecule has 0 spiro atoms. The van der Waals surface area contributed by atoms with E-state index in [4.69, 9.17) is 0 Å². The standard InChI is InChI=1S/C27H28FN5/c1-32-13-15-33(16-14-32)31-27(24-18-29-30-19-24)23-11-12-26(28)25(17-23)22-9-7-21(8-10-22)20-5-3-2-4-6-20/h2-12,17-19,27,31H,13-16H2,1H3,(H,29,30). The Morgan fingerprint density at radius 2 is 1.55 bits per heavy atom. The summed E-state index contributed by atoms with van der Waals surface area (Å²) < 4.78 is 14.9. The van der Waals surface area contributed by atoms with Gasteiger partial charge in [-0.25, -0.2) is 14.8 Å². The van der Waals surface area contributed by atoms with E-state index in [1.54, 1.807) is 6.07 Å². The molecule has 168 valence electrons. The van der Waals surface area contributed by atoms with Gasteiger partial charge in [0.2, 0.25) is 0 Å². The average Bonchev–Trinajstić information content (AvgIpc) is 3.40. The molecular formula is C27H28FN5. The van der Waals surface area contributed by atoms with Crippen LogP contribution in [0.15, 0.2) is 85.2 Å². The van der Waals surface area contributed by atoms with Crippen LogP contribution in [0.3, 0.4) is 0 Å². The SMILES string of the molecule is CN1CCN(NC(c2cn[nH]c2)c2ccc(F)c(-c3ccc(-c4ccccc4)cc3)c2)CC1. The number of H-pyrrole nitrogens is 1. The molecule has 3 aromatic carbocycles. The second kappa shape index (κ2) is 9.67. The molecule has 4 aromatic rings. The molecule has 1 saturated heterocycles. The van der Waals surface area contributed by atoms with Crippen LogP contribution in [-0.4, -0.2) is 53.3 Å². The van der Waals surface area contributed by atoms with Gasteiger partial charge in [0.15, 0.2) is 0 Å². The van der Waals surface area contributed by atoms with Crippen molar-refractivity contribution >= 4 is 0 Å². The molecule has 1 aliphatic heterocycles. The zero-order valence-electron chi connectivity index (χ0n) is 18.7. The van der Waals surface area contributed by atoms with Gasteiger partial charge in [-0.15, -0.1) is 0 Å². The lowest BCUT2D eigenvalue weighted by atomic mass is 9.95. The topological polar surface area (TPSA) is 47.2 Å². The quantitative estimate of drug-likeness (QED) is 0.454. The van der Waals surface area contributed by atoms with Gasteiger partial charge < -0.3 is 4.90 Å². The van der Waals surface area contributed by atoms with Crippen LogP contribution in [0.4, 0.5) is 4.39 Å². The Hall–Kier alpha value is -3.32. The third-order valence-corrected chi connectivity index (χ3v) is 6.29. The van der Waals surface area contributed by atoms with Gasteiger partial charge in [0, 0.05) is 43.5 Å². The maximum absolute atomic E-state index is 14.9. The van der Waals surface area contributed by atoms with Crippen molar-refractivity contribution in [2.75, 3.05) is 33.2 Å². The summed E-state index contributed by atoms with van der Waals surface area (Å²) in [6.45, 7) is 3.88. The molecule has 1 atom stereocenters. The molecule has 5 rings (SSSR count). The second-order valence-electron chi connectivity index (χ2n) is 8.57. The Bertz CT molecular complexity index is 1170. The normalized spacial score (nSPS) is 16.1. The summed E-state index contributed by atoms with van der Waals surface area (Å²) in [5, 5.41) is 9.30. The molecular weight excluding hydrogens is 413 g/mol. The van der Waals surface area contributed by atoms with Crippen LogP contribution >= 0.6 is 0 Å². The average molecular weight is 442 g/mol. The highest BCUT2D eigenvalue weighted by Crippen LogP contribution is 2.31. The Morgan fingerprint density at radius 3 is 2.24 bits per heavy atom. The van der Waals surface area contributed by atoms with Crippen molar-refractivity contribution in [3.8, 4) is 22.3 Å². The van der Waals surface area contributed by atoms with Crippen molar-refractivity contribution in [2.45, 2.75) is 6.04 Å². The van der Waals surface area contributed by atoms with E-state index in [2.05, 4.69) is 44.7 Å². The number of likely N-dealkylation sites (N-methyl/N-ethyl adjacent to an activating group) is 1. The number of halogens is 1. The fourth-order valence-electron chi connectivity index (χ4n) is 4.29. The van der Waals surface area contributed by atoms with E-state index in [0.717, 1.165) is 54.0 Å². The number of hydrogen-bond donors (Lipinski definition) is 2. The fraction of sp³-hybridized carbons (Fsp3) is 0.222. The molecule has 0 bridgehead atoms. The van der Waals surface area contributed by atoms with Crippen molar-refractivity contribution in [1.82, 2.24) is 25.5 Å². The molecule has 5 nitrogen and oxygen atoms in total. The molecule has 1 unspecified atom stereocenters. The summed E-state index contributed by atoms with van der Waals surface area (Å²) in [6, 6.07) is 23.5. The van der Waals surface area contributed by atoms with Gasteiger partial charge in [0.1, 0.15) is 5.82 Å². The van der Waals surface area contributed by atoms with E-state index < -0.39 is 0 Å². The first kappa shape index (κ1) is 21.5. The maximum atomic E-state index is 14.9. The molecule has 33 heavy (non-hydrogen) atoms. The van der Waals surface area contributed by atoms with E-state index in [1.165, 1.54) is 0 Å². The van der Waals surface area contributed by atoms with Crippen LogP contribution < -0.4 is 5.43 Å². The number of nitrogens with zero attached hydrogens (tertiary/aromatic N) is 3. The molecule has 0 saturated carbocycles. The molecule has 1 aliphatic rings. The number of aromatic amines is 1. The molecule has 6 heteroatoms. The first-order chi connectivity index (χ1) is 16.2. The minimum Gasteiger partial charge on any atom is -0.304 e. The van der Waals surface area contributed by atoms with Gasteiger partial charge >= 0.3 is 0 Å². The number of rotatable bonds is 6. The van der Waals surface area contributed by atoms with Crippen LogP contribution in [0.5, 0.6) is 0 Å². The van der Waals surface area contributed by atoms with Crippen LogP contribution in [0, 0.1) is 5.82 Å². The Kier molecular flexibility index (Phi) is 6.30. The van der Waals surface area contributed by atoms with Crippen LogP contribution in [0.25, 0.3) is 22.3 Å². The highest BCUT2D eigenvalue weighted by atomic mass is 19.1. The number of hydrogen-bond acceptors (Lipinski definition) is 4. The van der Waals surface area contributed by atoms with E-state index in [1.807, 2.05) is 67.0 Å². The zero-order chi connectivity index (χ0) is 22.6. The van der Waals surface area contributed by atoms with Crippen molar-refractivity contribution in [2.24, 2.45) is 0 Å². The summed E-state index contributed by atoms with van der Waals surface area (Å²) in [7, 11) is 2.14. The number of nitrogens with one attached hydrogen (secondary N) is 2. The largest absolute Gasteiger partial charge is 0.304 e. The van der Waals surface area contributed by atoms with Gasteiger partial charge in [-0.05, 0) is 41.4 Å². The fourth-order valence-corrected chi connectivity index (χ4v) is 4.29. The lowest BCUT2D eigenvalue weighted by Gasteiger charge is -2.35. The molecule has 1 aromatic heterocycles. The minimum absolute atomic E-state index is 0.116. The second-order valence-corrected chi connectivity index (χ2v) is 8.57. The number of hydrazine groups is 1. The van der Waals surface area contributed by atoms with Crippen LogP contribution in [-0.2, 0) is 0 Å². The molecule has 1 fully saturated rings. The van der Waals surface area contributed by atoms with E-state index in [9.17, 15) is 4.39 Å². The van der Waals surface area contributed by atoms with Gasteiger partial charge in [-0.3, -0.25) is 5.10 Å². The van der Waals surface area contributed by atoms with Crippen LogP contribution in [0.2, 0.25) is 0 Å². The molecule has 0 radical (unpaired) electrons. The third-order valence-electron chi connectivity index (χ3n) is 6.29. The molecule has 0 amide bonds. The predicted molar refractivity (Wildman–Crippen MR) is 130 cm³/mol. The lowest BCUT2D eigenvalue weighted by Crippen LogP contribution is -2.51. The van der Waals surface area contributed by atoms with Gasteiger partial charge in [0.25, 0.3) is 0 Å².